The predicted octanol–water partition coefficient (Wildman–Crippen LogP) is 2.33. The highest BCUT2D eigenvalue weighted by molar-refractivity contribution is 7.13. The van der Waals surface area contributed by atoms with Crippen LogP contribution in [-0.4, -0.2) is 59.7 Å². The fourth-order valence-corrected chi connectivity index (χ4v) is 5.05. The third-order valence-corrected chi connectivity index (χ3v) is 6.71. The number of ether oxygens (including phenoxy) is 1. The second-order valence-corrected chi connectivity index (χ2v) is 8.29. The summed E-state index contributed by atoms with van der Waals surface area (Å²) in [6, 6.07) is 0. The van der Waals surface area contributed by atoms with Gasteiger partial charge in [-0.05, 0) is 13.3 Å². The van der Waals surface area contributed by atoms with Crippen molar-refractivity contribution in [2.45, 2.75) is 25.8 Å². The number of aromatic amines is 1. The van der Waals surface area contributed by atoms with Crippen LogP contribution in [0.2, 0.25) is 0 Å². The Hall–Kier alpha value is -3.18. The van der Waals surface area contributed by atoms with E-state index in [1.54, 1.807) is 23.7 Å². The van der Waals surface area contributed by atoms with Crippen molar-refractivity contribution in [2.24, 2.45) is 0 Å². The summed E-state index contributed by atoms with van der Waals surface area (Å²) >= 11 is 1.55. The maximum Gasteiger partial charge on any atom is 0.166 e. The topological polar surface area (TPSA) is 111 Å². The Labute approximate surface area is 176 Å². The van der Waals surface area contributed by atoms with E-state index in [1.165, 1.54) is 0 Å². The number of fused-ring (bicyclic) bond motifs is 6. The molecule has 1 atom stereocenters. The van der Waals surface area contributed by atoms with Gasteiger partial charge in [0.25, 0.3) is 0 Å². The van der Waals surface area contributed by atoms with Gasteiger partial charge in [0.15, 0.2) is 17.5 Å². The molecule has 0 saturated carbocycles. The molecule has 0 spiro atoms. The van der Waals surface area contributed by atoms with Gasteiger partial charge in [-0.2, -0.15) is 5.10 Å². The molecule has 6 rings (SSSR count). The van der Waals surface area contributed by atoms with E-state index in [9.17, 15) is 0 Å². The molecule has 4 aromatic heterocycles. The molecule has 30 heavy (non-hydrogen) atoms. The minimum Gasteiger partial charge on any atom is -0.377 e. The van der Waals surface area contributed by atoms with Gasteiger partial charge in [0.2, 0.25) is 0 Å². The highest BCUT2D eigenvalue weighted by Crippen LogP contribution is 2.45. The molecule has 0 amide bonds. The number of aryl methyl sites for hydroxylation is 1. The SMILES string of the molecule is CC[C@]12COCCN1c1nc(-c3cn[nH]c3-c3nccs3)ncc1-n1c(C)nnc12. The first-order valence-corrected chi connectivity index (χ1v) is 10.7. The summed E-state index contributed by atoms with van der Waals surface area (Å²) in [5, 5.41) is 18.9. The van der Waals surface area contributed by atoms with Crippen molar-refractivity contribution in [1.29, 1.82) is 0 Å². The Balaban J connectivity index is 1.57. The average molecular weight is 421 g/mol. The van der Waals surface area contributed by atoms with Crippen LogP contribution >= 0.6 is 11.3 Å². The van der Waals surface area contributed by atoms with Crippen molar-refractivity contribution in [1.82, 2.24) is 39.9 Å². The van der Waals surface area contributed by atoms with Crippen LogP contribution in [0.25, 0.3) is 27.8 Å². The van der Waals surface area contributed by atoms with Crippen LogP contribution in [0.15, 0.2) is 24.0 Å². The number of morpholine rings is 1. The standard InChI is InChI=1S/C19H19N9OS/c1-3-19-10-29-6-5-27(19)16-13(28-11(2)24-26-18(19)28)9-21-15(23-16)12-8-22-25-14(12)17-20-4-7-30-17/h4,7-9H,3,5-6,10H2,1-2H3,(H,22,25)/t19-/m1/s1. The van der Waals surface area contributed by atoms with Crippen LogP contribution in [0.3, 0.4) is 0 Å². The molecule has 2 aliphatic heterocycles. The highest BCUT2D eigenvalue weighted by atomic mass is 32.1. The summed E-state index contributed by atoms with van der Waals surface area (Å²) < 4.78 is 7.96. The molecule has 1 fully saturated rings. The lowest BCUT2D eigenvalue weighted by Crippen LogP contribution is -2.58. The van der Waals surface area contributed by atoms with Crippen LogP contribution in [-0.2, 0) is 10.3 Å². The van der Waals surface area contributed by atoms with Crippen LogP contribution in [0.5, 0.6) is 0 Å². The number of thiazole rings is 1. The lowest BCUT2D eigenvalue weighted by Gasteiger charge is -2.49. The van der Waals surface area contributed by atoms with Gasteiger partial charge < -0.3 is 9.64 Å². The second-order valence-electron chi connectivity index (χ2n) is 7.39. The van der Waals surface area contributed by atoms with E-state index in [1.807, 2.05) is 18.5 Å². The predicted molar refractivity (Wildman–Crippen MR) is 111 cm³/mol. The molecule has 0 aliphatic carbocycles. The van der Waals surface area contributed by atoms with Crippen molar-refractivity contribution in [3.63, 3.8) is 0 Å². The number of anilines is 1. The quantitative estimate of drug-likeness (QED) is 0.537. The summed E-state index contributed by atoms with van der Waals surface area (Å²) in [6.07, 6.45) is 6.21. The summed E-state index contributed by atoms with van der Waals surface area (Å²) in [6.45, 7) is 6.03. The van der Waals surface area contributed by atoms with Crippen LogP contribution in [0.1, 0.15) is 25.0 Å². The molecule has 2 aliphatic rings. The van der Waals surface area contributed by atoms with Gasteiger partial charge in [-0.25, -0.2) is 15.0 Å². The monoisotopic (exact) mass is 421 g/mol. The molecule has 152 valence electrons. The van der Waals surface area contributed by atoms with Crippen molar-refractivity contribution < 1.29 is 4.74 Å². The van der Waals surface area contributed by atoms with Crippen molar-refractivity contribution in [2.75, 3.05) is 24.7 Å². The zero-order valence-electron chi connectivity index (χ0n) is 16.5. The molecular weight excluding hydrogens is 402 g/mol. The first kappa shape index (κ1) is 17.7. The third-order valence-electron chi connectivity index (χ3n) is 5.92. The Morgan fingerprint density at radius 3 is 3.03 bits per heavy atom. The van der Waals surface area contributed by atoms with Gasteiger partial charge in [0, 0.05) is 18.1 Å². The number of H-pyrrole nitrogens is 1. The smallest absolute Gasteiger partial charge is 0.166 e. The first-order chi connectivity index (χ1) is 14.7. The van der Waals surface area contributed by atoms with Crippen LogP contribution in [0.4, 0.5) is 5.82 Å². The lowest BCUT2D eigenvalue weighted by molar-refractivity contribution is 0.0390. The number of rotatable bonds is 3. The maximum absolute atomic E-state index is 5.90. The zero-order valence-corrected chi connectivity index (χ0v) is 17.3. The van der Waals surface area contributed by atoms with E-state index in [0.717, 1.165) is 52.4 Å². The number of aromatic nitrogens is 8. The van der Waals surface area contributed by atoms with E-state index in [2.05, 4.69) is 46.8 Å². The minimum atomic E-state index is -0.396. The summed E-state index contributed by atoms with van der Waals surface area (Å²) in [7, 11) is 0. The van der Waals surface area contributed by atoms with Gasteiger partial charge in [0.1, 0.15) is 27.8 Å². The van der Waals surface area contributed by atoms with Gasteiger partial charge in [-0.3, -0.25) is 9.67 Å². The van der Waals surface area contributed by atoms with Gasteiger partial charge in [0.05, 0.1) is 31.2 Å². The first-order valence-electron chi connectivity index (χ1n) is 9.82. The van der Waals surface area contributed by atoms with E-state index in [-0.39, 0.29) is 0 Å². The number of hydrogen-bond donors (Lipinski definition) is 1. The Bertz CT molecular complexity index is 1230. The van der Waals surface area contributed by atoms with Gasteiger partial charge >= 0.3 is 0 Å². The van der Waals surface area contributed by atoms with E-state index >= 15 is 0 Å². The fraction of sp³-hybridized carbons (Fsp3) is 0.368. The number of nitrogens with zero attached hydrogens (tertiary/aromatic N) is 8. The summed E-state index contributed by atoms with van der Waals surface area (Å²) in [4.78, 5) is 16.4. The molecule has 1 saturated heterocycles. The Morgan fingerprint density at radius 2 is 2.20 bits per heavy atom. The zero-order chi connectivity index (χ0) is 20.3. The normalized spacial score (nSPS) is 20.0. The highest BCUT2D eigenvalue weighted by Gasteiger charge is 2.49. The van der Waals surface area contributed by atoms with Gasteiger partial charge in [-0.15, -0.1) is 21.5 Å². The minimum absolute atomic E-state index is 0.396. The number of nitrogens with one attached hydrogen (secondary N) is 1. The molecule has 10 nitrogen and oxygen atoms in total. The van der Waals surface area contributed by atoms with Crippen molar-refractivity contribution >= 4 is 17.2 Å². The van der Waals surface area contributed by atoms with E-state index in [4.69, 9.17) is 9.72 Å². The molecule has 6 heterocycles. The van der Waals surface area contributed by atoms with Crippen LogP contribution < -0.4 is 4.90 Å². The average Bonchev–Trinajstić information content (AvgIpc) is 3.54. The molecule has 1 N–H and O–H groups in total. The van der Waals surface area contributed by atoms with E-state index < -0.39 is 5.54 Å². The maximum atomic E-state index is 5.90. The van der Waals surface area contributed by atoms with Gasteiger partial charge in [-0.1, -0.05) is 6.92 Å². The molecule has 0 unspecified atom stereocenters. The molecular formula is C19H19N9OS. The second kappa shape index (κ2) is 6.41. The lowest BCUT2D eigenvalue weighted by atomic mass is 9.90. The molecule has 4 aromatic rings. The molecule has 0 aromatic carbocycles. The van der Waals surface area contributed by atoms with Crippen molar-refractivity contribution in [3.05, 3.63) is 35.6 Å². The van der Waals surface area contributed by atoms with Crippen LogP contribution in [0, 0.1) is 6.92 Å². The number of hydrogen-bond acceptors (Lipinski definition) is 9. The fourth-order valence-electron chi connectivity index (χ4n) is 4.40. The summed E-state index contributed by atoms with van der Waals surface area (Å²) in [5.41, 5.74) is 2.15. The molecule has 0 bridgehead atoms. The molecule has 0 radical (unpaired) electrons. The summed E-state index contributed by atoms with van der Waals surface area (Å²) in [5.74, 6) is 3.18. The van der Waals surface area contributed by atoms with E-state index in [0.29, 0.717) is 19.0 Å². The third kappa shape index (κ3) is 2.27. The molecule has 11 heteroatoms. The van der Waals surface area contributed by atoms with Crippen molar-refractivity contribution in [3.8, 4) is 27.8 Å². The Kier molecular flexibility index (Phi) is 3.77. The largest absolute Gasteiger partial charge is 0.377 e. The Morgan fingerprint density at radius 1 is 1.27 bits per heavy atom.